The standard InChI is InChI=1S/C16H20N4OS/c1-12(9-10-17-3)13(2)19-16(22)20-18-11-14-7-5-6-8-15(14)21-4/h5-9,11H,3,10H2,1-2,4H3,(H,20,22)/b12-9-,18-11-,19-13?. The van der Waals surface area contributed by atoms with Gasteiger partial charge in [0.25, 0.3) is 0 Å². The molecule has 0 aliphatic carbocycles. The van der Waals surface area contributed by atoms with Crippen molar-refractivity contribution in [2.24, 2.45) is 15.1 Å². The van der Waals surface area contributed by atoms with Crippen LogP contribution in [0.3, 0.4) is 0 Å². The molecule has 22 heavy (non-hydrogen) atoms. The van der Waals surface area contributed by atoms with Crippen molar-refractivity contribution in [2.75, 3.05) is 13.7 Å². The number of rotatable bonds is 6. The van der Waals surface area contributed by atoms with Crippen LogP contribution in [0.2, 0.25) is 0 Å². The number of nitrogens with zero attached hydrogens (tertiary/aromatic N) is 3. The maximum Gasteiger partial charge on any atom is 0.213 e. The molecule has 1 N–H and O–H groups in total. The van der Waals surface area contributed by atoms with Crippen molar-refractivity contribution < 1.29 is 4.74 Å². The van der Waals surface area contributed by atoms with Crippen LogP contribution in [0, 0.1) is 0 Å². The molecule has 0 saturated carbocycles. The first-order chi connectivity index (χ1) is 10.6. The van der Waals surface area contributed by atoms with Crippen LogP contribution in [-0.2, 0) is 0 Å². The molecule has 0 unspecified atom stereocenters. The van der Waals surface area contributed by atoms with E-state index >= 15 is 0 Å². The first-order valence-electron chi connectivity index (χ1n) is 6.69. The van der Waals surface area contributed by atoms with Gasteiger partial charge in [0.05, 0.1) is 19.9 Å². The number of hydrogen-bond acceptors (Lipinski definition) is 4. The van der Waals surface area contributed by atoms with Crippen molar-refractivity contribution in [3.63, 3.8) is 0 Å². The minimum atomic E-state index is 0.294. The van der Waals surface area contributed by atoms with Gasteiger partial charge in [0.1, 0.15) is 5.75 Å². The fourth-order valence-corrected chi connectivity index (χ4v) is 1.73. The summed E-state index contributed by atoms with van der Waals surface area (Å²) in [4.78, 5) is 8.04. The van der Waals surface area contributed by atoms with E-state index in [1.54, 1.807) is 13.3 Å². The van der Waals surface area contributed by atoms with E-state index in [4.69, 9.17) is 17.0 Å². The van der Waals surface area contributed by atoms with Crippen LogP contribution in [-0.4, -0.2) is 37.4 Å². The lowest BCUT2D eigenvalue weighted by Crippen LogP contribution is -2.14. The van der Waals surface area contributed by atoms with Crippen LogP contribution in [0.1, 0.15) is 19.4 Å². The number of methoxy groups -OCH3 is 1. The first-order valence-corrected chi connectivity index (χ1v) is 7.10. The van der Waals surface area contributed by atoms with Crippen LogP contribution in [0.5, 0.6) is 5.75 Å². The van der Waals surface area contributed by atoms with Crippen LogP contribution in [0.25, 0.3) is 0 Å². The molecule has 0 heterocycles. The SMILES string of the molecule is C=NC/C=C(/C)C(C)=NC(=S)N/N=C\c1ccccc1OC. The van der Waals surface area contributed by atoms with E-state index in [1.165, 1.54) is 0 Å². The Hall–Kier alpha value is -2.34. The Morgan fingerprint density at radius 2 is 2.09 bits per heavy atom. The minimum absolute atomic E-state index is 0.294. The number of nitrogens with one attached hydrogen (secondary N) is 1. The third kappa shape index (κ3) is 5.97. The quantitative estimate of drug-likeness (QED) is 0.498. The number of ether oxygens (including phenoxy) is 1. The highest BCUT2D eigenvalue weighted by molar-refractivity contribution is 7.80. The Bertz CT molecular complexity index is 620. The highest BCUT2D eigenvalue weighted by Gasteiger charge is 1.99. The highest BCUT2D eigenvalue weighted by atomic mass is 32.1. The number of thiocarbonyl (C=S) groups is 1. The van der Waals surface area contributed by atoms with E-state index in [0.717, 1.165) is 22.6 Å². The smallest absolute Gasteiger partial charge is 0.213 e. The van der Waals surface area contributed by atoms with Crippen molar-refractivity contribution in [3.05, 3.63) is 41.5 Å². The average Bonchev–Trinajstić information content (AvgIpc) is 2.52. The van der Waals surface area contributed by atoms with Crippen LogP contribution >= 0.6 is 12.2 Å². The largest absolute Gasteiger partial charge is 0.496 e. The first kappa shape index (κ1) is 17.7. The molecule has 0 aromatic heterocycles. The van der Waals surface area contributed by atoms with Gasteiger partial charge < -0.3 is 4.74 Å². The molecule has 5 nitrogen and oxygen atoms in total. The van der Waals surface area contributed by atoms with Crippen molar-refractivity contribution in [2.45, 2.75) is 13.8 Å². The van der Waals surface area contributed by atoms with Gasteiger partial charge >= 0.3 is 0 Å². The third-order valence-electron chi connectivity index (χ3n) is 2.87. The molecule has 1 rings (SSSR count). The summed E-state index contributed by atoms with van der Waals surface area (Å²) in [6.45, 7) is 7.83. The van der Waals surface area contributed by atoms with Crippen LogP contribution < -0.4 is 10.2 Å². The third-order valence-corrected chi connectivity index (χ3v) is 3.05. The Morgan fingerprint density at radius 3 is 2.77 bits per heavy atom. The van der Waals surface area contributed by atoms with Gasteiger partial charge in [-0.15, -0.1) is 0 Å². The van der Waals surface area contributed by atoms with Crippen molar-refractivity contribution in [1.82, 2.24) is 5.43 Å². The van der Waals surface area contributed by atoms with E-state index in [-0.39, 0.29) is 0 Å². The van der Waals surface area contributed by atoms with Crippen LogP contribution in [0.4, 0.5) is 0 Å². The molecule has 6 heteroatoms. The zero-order valence-corrected chi connectivity index (χ0v) is 13.9. The zero-order valence-electron chi connectivity index (χ0n) is 13.0. The predicted molar refractivity (Wildman–Crippen MR) is 97.6 cm³/mol. The number of benzene rings is 1. The molecule has 0 atom stereocenters. The molecule has 0 aliphatic heterocycles. The van der Waals surface area contributed by atoms with Crippen molar-refractivity contribution in [3.8, 4) is 5.75 Å². The Kier molecular flexibility index (Phi) is 7.70. The van der Waals surface area contributed by atoms with Gasteiger partial charge in [-0.25, -0.2) is 4.99 Å². The molecule has 0 bridgehead atoms. The Balaban J connectivity index is 2.66. The van der Waals surface area contributed by atoms with Crippen molar-refractivity contribution >= 4 is 36.0 Å². The van der Waals surface area contributed by atoms with Gasteiger partial charge in [0.2, 0.25) is 5.11 Å². The van der Waals surface area contributed by atoms with E-state index in [0.29, 0.717) is 11.7 Å². The van der Waals surface area contributed by atoms with Gasteiger partial charge in [0.15, 0.2) is 0 Å². The molecule has 0 spiro atoms. The second-order valence-electron chi connectivity index (χ2n) is 4.41. The maximum atomic E-state index is 5.24. The van der Waals surface area contributed by atoms with Crippen LogP contribution in [0.15, 0.2) is 51.0 Å². The van der Waals surface area contributed by atoms with E-state index < -0.39 is 0 Å². The van der Waals surface area contributed by atoms with E-state index in [1.807, 2.05) is 44.2 Å². The average molecular weight is 316 g/mol. The van der Waals surface area contributed by atoms with Crippen molar-refractivity contribution in [1.29, 1.82) is 0 Å². The molecule has 0 amide bonds. The molecule has 0 aliphatic rings. The second-order valence-corrected chi connectivity index (χ2v) is 4.79. The summed E-state index contributed by atoms with van der Waals surface area (Å²) in [5.41, 5.74) is 5.39. The summed E-state index contributed by atoms with van der Waals surface area (Å²) in [6.07, 6.45) is 3.58. The summed E-state index contributed by atoms with van der Waals surface area (Å²) < 4.78 is 5.24. The number of aliphatic imine (C=N–C) groups is 2. The van der Waals surface area contributed by atoms with Gasteiger partial charge in [-0.05, 0) is 50.5 Å². The lowest BCUT2D eigenvalue weighted by Gasteiger charge is -2.04. The summed E-state index contributed by atoms with van der Waals surface area (Å²) in [5.74, 6) is 0.745. The topological polar surface area (TPSA) is 58.3 Å². The summed E-state index contributed by atoms with van der Waals surface area (Å²) in [6, 6.07) is 7.57. The predicted octanol–water partition coefficient (Wildman–Crippen LogP) is 3.01. The number of allylic oxidation sites excluding steroid dienone is 1. The van der Waals surface area contributed by atoms with Gasteiger partial charge in [0, 0.05) is 11.3 Å². The number of hydrogen-bond donors (Lipinski definition) is 1. The monoisotopic (exact) mass is 316 g/mol. The van der Waals surface area contributed by atoms with Gasteiger partial charge in [-0.3, -0.25) is 10.4 Å². The fourth-order valence-electron chi connectivity index (χ4n) is 1.54. The molecular weight excluding hydrogens is 296 g/mol. The van der Waals surface area contributed by atoms with E-state index in [9.17, 15) is 0 Å². The molecule has 0 saturated heterocycles. The molecule has 1 aromatic rings. The fraction of sp³-hybridized carbons (Fsp3) is 0.250. The zero-order chi connectivity index (χ0) is 16.4. The minimum Gasteiger partial charge on any atom is -0.496 e. The number of para-hydroxylation sites is 1. The van der Waals surface area contributed by atoms with Gasteiger partial charge in [-0.1, -0.05) is 18.2 Å². The second kappa shape index (κ2) is 9.57. The lowest BCUT2D eigenvalue weighted by atomic mass is 10.2. The Labute approximate surface area is 136 Å². The Morgan fingerprint density at radius 1 is 1.36 bits per heavy atom. The molecular formula is C16H20N4OS. The molecule has 116 valence electrons. The summed E-state index contributed by atoms with van der Waals surface area (Å²) in [7, 11) is 1.62. The summed E-state index contributed by atoms with van der Waals surface area (Å²) >= 11 is 5.13. The molecule has 0 fully saturated rings. The highest BCUT2D eigenvalue weighted by Crippen LogP contribution is 2.14. The molecule has 0 radical (unpaired) electrons. The van der Waals surface area contributed by atoms with E-state index in [2.05, 4.69) is 27.2 Å². The lowest BCUT2D eigenvalue weighted by molar-refractivity contribution is 0.414. The van der Waals surface area contributed by atoms with Gasteiger partial charge in [-0.2, -0.15) is 5.10 Å². The normalized spacial score (nSPS) is 12.3. The molecule has 1 aromatic carbocycles. The summed E-state index contributed by atoms with van der Waals surface area (Å²) in [5, 5.41) is 4.37. The maximum absolute atomic E-state index is 5.24. The number of hydrazone groups is 1.